The lowest BCUT2D eigenvalue weighted by Crippen LogP contribution is -2.59. The third kappa shape index (κ3) is 17.5. The van der Waals surface area contributed by atoms with Crippen molar-refractivity contribution in [2.75, 3.05) is 46.0 Å². The number of likely N-dealkylation sites (N-methyl/N-ethyl adjacent to an activating group) is 2. The van der Waals surface area contributed by atoms with Gasteiger partial charge in [-0.05, 0) is 93.8 Å². The van der Waals surface area contributed by atoms with E-state index in [0.29, 0.717) is 49.9 Å². The molecule has 8 atom stereocenters. The molecule has 3 aromatic rings. The second-order valence-corrected chi connectivity index (χ2v) is 21.2. The first kappa shape index (κ1) is 66.1. The maximum atomic E-state index is 14.1. The molecule has 5 rings (SSSR count). The van der Waals surface area contributed by atoms with E-state index in [1.165, 1.54) is 28.0 Å². The summed E-state index contributed by atoms with van der Waals surface area (Å²) in [4.78, 5) is 113. The summed E-state index contributed by atoms with van der Waals surface area (Å²) in [5.74, 6) is -3.33. The van der Waals surface area contributed by atoms with E-state index in [4.69, 9.17) is 5.73 Å². The minimum atomic E-state index is -0.890. The zero-order valence-electron chi connectivity index (χ0n) is 45.2. The van der Waals surface area contributed by atoms with Crippen molar-refractivity contribution in [2.45, 2.75) is 129 Å². The van der Waals surface area contributed by atoms with Crippen LogP contribution in [0.25, 0.3) is 0 Å². The highest BCUT2D eigenvalue weighted by Crippen LogP contribution is 2.29. The minimum absolute atomic E-state index is 0. The van der Waals surface area contributed by atoms with E-state index in [1.807, 2.05) is 102 Å². The van der Waals surface area contributed by atoms with Gasteiger partial charge in [-0.1, -0.05) is 102 Å². The number of carbonyl (C=O) groups is 8. The molecular weight excluding hydrogens is 1040 g/mol. The summed E-state index contributed by atoms with van der Waals surface area (Å²) in [6, 6.07) is 16.5. The van der Waals surface area contributed by atoms with Crippen molar-refractivity contribution in [1.82, 2.24) is 52.3 Å². The van der Waals surface area contributed by atoms with Crippen LogP contribution in [0.3, 0.4) is 0 Å². The highest BCUT2D eigenvalue weighted by atomic mass is 35.5. The summed E-state index contributed by atoms with van der Waals surface area (Å²) < 4.78 is 0. The van der Waals surface area contributed by atoms with E-state index >= 15 is 0 Å². The Hall–Kier alpha value is -5.99. The molecule has 8 amide bonds. The van der Waals surface area contributed by atoms with E-state index in [0.717, 1.165) is 0 Å². The van der Waals surface area contributed by atoms with Crippen LogP contribution in [0.1, 0.15) is 125 Å². The third-order valence-electron chi connectivity index (χ3n) is 13.6. The quantitative estimate of drug-likeness (QED) is 0.0732. The molecule has 0 spiro atoms. The molecule has 2 saturated heterocycles. The lowest BCUT2D eigenvalue weighted by atomic mass is 9.85. The number of rotatable bonds is 20. The number of hydrogen-bond acceptors (Lipinski definition) is 11. The van der Waals surface area contributed by atoms with Gasteiger partial charge in [0.25, 0.3) is 11.8 Å². The molecule has 2 aliphatic heterocycles. The van der Waals surface area contributed by atoms with Gasteiger partial charge in [0, 0.05) is 43.0 Å². The first-order valence-electron chi connectivity index (χ1n) is 25.2. The van der Waals surface area contributed by atoms with Crippen LogP contribution in [0, 0.1) is 10.8 Å². The molecule has 76 heavy (non-hydrogen) atoms. The minimum Gasteiger partial charge on any atom is -0.399 e. The monoisotopic (exact) mass is 1120 g/mol. The molecule has 2 heterocycles. The Bertz CT molecular complexity index is 2300. The number of benzene rings is 3. The molecule has 22 heteroatoms. The van der Waals surface area contributed by atoms with Gasteiger partial charge < -0.3 is 58.1 Å². The zero-order valence-corrected chi connectivity index (χ0v) is 47.7. The van der Waals surface area contributed by atoms with E-state index in [1.54, 1.807) is 27.9 Å². The number of hydrogen-bond donors (Lipinski definition) is 9. The molecule has 0 unspecified atom stereocenters. The standard InChI is InChI=1S/C54H77N11O8.3ClH/c1-32(56-9)45(66)62-43(53(3,4)5)51(72)64-25-17-23-41(64)49(70)60-39(34-19-13-11-14-20-34)30-58-47(68)36-27-37(29-38(55)28-36)48(69)59-31-40(35-21-15-12-16-22-35)61-50(71)42-24-18-26-65(42)52(73)44(54(6,7)8)63-46(67)33(2)57-10;;;/h11-16,19-22,27-29,32-33,39-44,56-57H,17-18,23-26,30-31,55H2,1-10H3,(H,58,68)(H,59,69)(H,60,70)(H,61,71)(H,62,66)(H,63,67);3*1H/t32-,33-,39+,40+,41-,42-,43+,44+;;;/m0.../s1. The van der Waals surface area contributed by atoms with Gasteiger partial charge in [0.1, 0.15) is 24.2 Å². The first-order valence-corrected chi connectivity index (χ1v) is 25.2. The van der Waals surface area contributed by atoms with Gasteiger partial charge >= 0.3 is 0 Å². The smallest absolute Gasteiger partial charge is 0.251 e. The predicted octanol–water partition coefficient (Wildman–Crippen LogP) is 3.97. The molecule has 2 aliphatic rings. The van der Waals surface area contributed by atoms with Crippen LogP contribution in [0.15, 0.2) is 78.9 Å². The number of amides is 8. The molecule has 19 nitrogen and oxygen atoms in total. The van der Waals surface area contributed by atoms with E-state index in [9.17, 15) is 38.4 Å². The largest absolute Gasteiger partial charge is 0.399 e. The van der Waals surface area contributed by atoms with Gasteiger partial charge in [-0.2, -0.15) is 0 Å². The Kier molecular flexibility index (Phi) is 25.7. The van der Waals surface area contributed by atoms with Crippen LogP contribution >= 0.6 is 37.2 Å². The van der Waals surface area contributed by atoms with Crippen molar-refractivity contribution in [3.63, 3.8) is 0 Å². The van der Waals surface area contributed by atoms with Crippen molar-refractivity contribution in [1.29, 1.82) is 0 Å². The molecule has 0 aromatic heterocycles. The molecule has 10 N–H and O–H groups in total. The van der Waals surface area contributed by atoms with Gasteiger partial charge in [-0.15, -0.1) is 37.2 Å². The Morgan fingerprint density at radius 2 is 0.895 bits per heavy atom. The van der Waals surface area contributed by atoms with Crippen molar-refractivity contribution < 1.29 is 38.4 Å². The Labute approximate surface area is 466 Å². The summed E-state index contributed by atoms with van der Waals surface area (Å²) >= 11 is 0. The molecule has 3 aromatic carbocycles. The van der Waals surface area contributed by atoms with Crippen molar-refractivity contribution in [3.8, 4) is 0 Å². The second kappa shape index (κ2) is 29.5. The van der Waals surface area contributed by atoms with Crippen LogP contribution < -0.4 is 48.3 Å². The van der Waals surface area contributed by atoms with Crippen LogP contribution in [0.4, 0.5) is 5.69 Å². The number of anilines is 1. The Morgan fingerprint density at radius 1 is 0.553 bits per heavy atom. The first-order chi connectivity index (χ1) is 34.4. The highest BCUT2D eigenvalue weighted by molar-refractivity contribution is 6.01. The van der Waals surface area contributed by atoms with E-state index in [-0.39, 0.29) is 90.8 Å². The van der Waals surface area contributed by atoms with Crippen molar-refractivity contribution in [3.05, 3.63) is 101 Å². The Balaban J connectivity index is 0.00000659. The average Bonchev–Trinajstić information content (AvgIpc) is 4.07. The van der Waals surface area contributed by atoms with Gasteiger partial charge in [-0.25, -0.2) is 0 Å². The predicted molar refractivity (Wildman–Crippen MR) is 301 cm³/mol. The lowest BCUT2D eigenvalue weighted by Gasteiger charge is -2.36. The molecule has 420 valence electrons. The topological polar surface area (TPSA) is 265 Å². The molecule has 0 radical (unpaired) electrons. The fourth-order valence-corrected chi connectivity index (χ4v) is 8.95. The number of nitrogen functional groups attached to an aromatic ring is 1. The summed E-state index contributed by atoms with van der Waals surface area (Å²) in [7, 11) is 3.31. The molecule has 0 aliphatic carbocycles. The van der Waals surface area contributed by atoms with Gasteiger partial charge in [0.15, 0.2) is 0 Å². The van der Waals surface area contributed by atoms with Crippen LogP contribution in [-0.2, 0) is 28.8 Å². The Morgan fingerprint density at radius 3 is 1.21 bits per heavy atom. The van der Waals surface area contributed by atoms with Gasteiger partial charge in [0.2, 0.25) is 35.4 Å². The normalized spacial score (nSPS) is 17.6. The van der Waals surface area contributed by atoms with E-state index < -0.39 is 82.8 Å². The summed E-state index contributed by atoms with van der Waals surface area (Å²) in [5, 5.41) is 23.4. The fraction of sp³-hybridized carbons (Fsp3) is 0.519. The number of halogens is 3. The highest BCUT2D eigenvalue weighted by Gasteiger charge is 2.44. The zero-order chi connectivity index (χ0) is 53.8. The molecule has 0 saturated carbocycles. The maximum absolute atomic E-state index is 14.1. The second-order valence-electron chi connectivity index (χ2n) is 21.2. The number of nitrogens with one attached hydrogen (secondary N) is 8. The summed E-state index contributed by atoms with van der Waals surface area (Å²) in [6.07, 6.45) is 1.99. The van der Waals surface area contributed by atoms with Crippen molar-refractivity contribution >= 4 is 90.2 Å². The SMILES string of the molecule is CN[C@@H](C)C(=O)N[C@H](C(=O)N1CCC[C@H]1C(=O)N[C@H](CNC(=O)c1cc(N)cc(C(=O)NC[C@@H](NC(=O)[C@@H]2CCCN2C(=O)[C@@H](NC(=O)[C@H](C)NC)C(C)(C)C)c2ccccc2)c1)c1ccccc1)C(C)(C)C.Cl.Cl.Cl. The molecular formula is C54H80Cl3N11O8. The van der Waals surface area contributed by atoms with Crippen LogP contribution in [0.5, 0.6) is 0 Å². The third-order valence-corrected chi connectivity index (χ3v) is 13.6. The lowest BCUT2D eigenvalue weighted by molar-refractivity contribution is -0.144. The average molecular weight is 1120 g/mol. The summed E-state index contributed by atoms with van der Waals surface area (Å²) in [6.45, 7) is 15.1. The van der Waals surface area contributed by atoms with Crippen LogP contribution in [-0.4, -0.2) is 134 Å². The number of nitrogens with two attached hydrogens (primary N) is 1. The number of likely N-dealkylation sites (tertiary alicyclic amines) is 2. The van der Waals surface area contributed by atoms with E-state index in [2.05, 4.69) is 42.5 Å². The van der Waals surface area contributed by atoms with Gasteiger partial charge in [-0.3, -0.25) is 38.4 Å². The van der Waals surface area contributed by atoms with Crippen molar-refractivity contribution in [2.24, 2.45) is 10.8 Å². The van der Waals surface area contributed by atoms with Gasteiger partial charge in [0.05, 0.1) is 24.2 Å². The number of carbonyl (C=O) groups excluding carboxylic acids is 8. The molecule has 0 bridgehead atoms. The maximum Gasteiger partial charge on any atom is 0.251 e. The van der Waals surface area contributed by atoms with Crippen LogP contribution in [0.2, 0.25) is 0 Å². The fourth-order valence-electron chi connectivity index (χ4n) is 8.95. The molecule has 2 fully saturated rings. The number of nitrogens with zero attached hydrogens (tertiary/aromatic N) is 2. The summed E-state index contributed by atoms with van der Waals surface area (Å²) in [5.41, 5.74) is 6.68.